The molecule has 0 aromatic carbocycles. The molecule has 0 bridgehead atoms. The summed E-state index contributed by atoms with van der Waals surface area (Å²) in [4.78, 5) is 31.3. The summed E-state index contributed by atoms with van der Waals surface area (Å²) < 4.78 is 1.74. The molecular weight excluding hydrogens is 320 g/mol. The van der Waals surface area contributed by atoms with Crippen molar-refractivity contribution in [1.29, 1.82) is 0 Å². The molecule has 1 amide bonds. The summed E-state index contributed by atoms with van der Waals surface area (Å²) in [6.07, 6.45) is 9.56. The quantitative estimate of drug-likeness (QED) is 0.760. The molecule has 3 aromatic rings. The fraction of sp³-hybridized carbons (Fsp3) is 0.375. The summed E-state index contributed by atoms with van der Waals surface area (Å²) in [5.41, 5.74) is 0.813. The Balaban J connectivity index is 1.43. The van der Waals surface area contributed by atoms with E-state index in [0.717, 1.165) is 42.8 Å². The van der Waals surface area contributed by atoms with E-state index in [1.807, 2.05) is 7.05 Å². The molecule has 0 aliphatic carbocycles. The second kappa shape index (κ2) is 6.42. The Morgan fingerprint density at radius 3 is 2.76 bits per heavy atom. The molecule has 0 unspecified atom stereocenters. The first-order chi connectivity index (χ1) is 12.2. The van der Waals surface area contributed by atoms with Gasteiger partial charge in [0, 0.05) is 38.4 Å². The van der Waals surface area contributed by atoms with Crippen LogP contribution in [0.5, 0.6) is 0 Å². The second-order valence-corrected chi connectivity index (χ2v) is 6.04. The predicted molar refractivity (Wildman–Crippen MR) is 91.9 cm³/mol. The van der Waals surface area contributed by atoms with Crippen molar-refractivity contribution in [3.05, 3.63) is 31.1 Å². The van der Waals surface area contributed by atoms with E-state index in [4.69, 9.17) is 0 Å². The Kier molecular flexibility index (Phi) is 3.96. The number of hydrogen-bond donors (Lipinski definition) is 1. The highest BCUT2D eigenvalue weighted by atomic mass is 16.1. The maximum absolute atomic E-state index is 12.4. The van der Waals surface area contributed by atoms with E-state index in [0.29, 0.717) is 5.82 Å². The third kappa shape index (κ3) is 3.00. The number of carbonyl (C=O) groups is 1. The van der Waals surface area contributed by atoms with Gasteiger partial charge in [-0.2, -0.15) is 5.10 Å². The molecule has 0 atom stereocenters. The van der Waals surface area contributed by atoms with Gasteiger partial charge in [-0.15, -0.1) is 0 Å². The highest BCUT2D eigenvalue weighted by molar-refractivity contribution is 5.92. The zero-order chi connectivity index (χ0) is 17.2. The van der Waals surface area contributed by atoms with Gasteiger partial charge >= 0.3 is 0 Å². The SMILES string of the molecule is Cn1ncc2c(N3CCC(C(=O)Nc4cnccn4)CC3)ncnc21. The van der Waals surface area contributed by atoms with Crippen molar-refractivity contribution in [3.8, 4) is 0 Å². The molecular formula is C16H18N8O. The Labute approximate surface area is 144 Å². The van der Waals surface area contributed by atoms with Crippen molar-refractivity contribution in [2.45, 2.75) is 12.8 Å². The topological polar surface area (TPSA) is 102 Å². The Morgan fingerprint density at radius 1 is 1.16 bits per heavy atom. The maximum atomic E-state index is 12.4. The molecule has 1 saturated heterocycles. The van der Waals surface area contributed by atoms with Crippen LogP contribution in [-0.2, 0) is 11.8 Å². The van der Waals surface area contributed by atoms with Crippen LogP contribution >= 0.6 is 0 Å². The number of amides is 1. The fourth-order valence-corrected chi connectivity index (χ4v) is 3.15. The van der Waals surface area contributed by atoms with Gasteiger partial charge < -0.3 is 10.2 Å². The molecule has 1 fully saturated rings. The van der Waals surface area contributed by atoms with E-state index in [1.165, 1.54) is 0 Å². The number of aromatic nitrogens is 6. The molecule has 128 valence electrons. The van der Waals surface area contributed by atoms with Gasteiger partial charge in [-0.05, 0) is 12.8 Å². The molecule has 9 heteroatoms. The van der Waals surface area contributed by atoms with Crippen LogP contribution in [0.3, 0.4) is 0 Å². The third-order valence-corrected chi connectivity index (χ3v) is 4.49. The molecule has 1 aliphatic rings. The van der Waals surface area contributed by atoms with Crippen LogP contribution in [0.2, 0.25) is 0 Å². The van der Waals surface area contributed by atoms with Crippen LogP contribution in [-0.4, -0.2) is 48.7 Å². The molecule has 9 nitrogen and oxygen atoms in total. The number of carbonyl (C=O) groups excluding carboxylic acids is 1. The molecule has 4 rings (SSSR count). The van der Waals surface area contributed by atoms with Gasteiger partial charge in [0.05, 0.1) is 17.8 Å². The smallest absolute Gasteiger partial charge is 0.228 e. The number of aryl methyl sites for hydroxylation is 1. The molecule has 1 aliphatic heterocycles. The van der Waals surface area contributed by atoms with Crippen molar-refractivity contribution in [1.82, 2.24) is 29.7 Å². The van der Waals surface area contributed by atoms with E-state index in [-0.39, 0.29) is 11.8 Å². The van der Waals surface area contributed by atoms with E-state index < -0.39 is 0 Å². The molecule has 0 saturated carbocycles. The monoisotopic (exact) mass is 338 g/mol. The first-order valence-electron chi connectivity index (χ1n) is 8.17. The minimum atomic E-state index is -0.0375. The van der Waals surface area contributed by atoms with Crippen LogP contribution in [0, 0.1) is 5.92 Å². The molecule has 0 spiro atoms. The molecule has 1 N–H and O–H groups in total. The van der Waals surface area contributed by atoms with Crippen molar-refractivity contribution in [2.75, 3.05) is 23.3 Å². The summed E-state index contributed by atoms with van der Waals surface area (Å²) in [5, 5.41) is 8.02. The van der Waals surface area contributed by atoms with Crippen LogP contribution in [0.1, 0.15) is 12.8 Å². The highest BCUT2D eigenvalue weighted by Gasteiger charge is 2.27. The summed E-state index contributed by atoms with van der Waals surface area (Å²) >= 11 is 0. The maximum Gasteiger partial charge on any atom is 0.228 e. The van der Waals surface area contributed by atoms with Gasteiger partial charge in [-0.1, -0.05) is 0 Å². The molecule has 4 heterocycles. The van der Waals surface area contributed by atoms with Crippen LogP contribution in [0.25, 0.3) is 11.0 Å². The predicted octanol–water partition coefficient (Wildman–Crippen LogP) is 1.01. The average molecular weight is 338 g/mol. The van der Waals surface area contributed by atoms with Gasteiger partial charge in [0.15, 0.2) is 11.5 Å². The number of nitrogens with zero attached hydrogens (tertiary/aromatic N) is 7. The Hall–Kier alpha value is -3.10. The van der Waals surface area contributed by atoms with Crippen LogP contribution in [0.15, 0.2) is 31.1 Å². The van der Waals surface area contributed by atoms with E-state index in [1.54, 1.807) is 35.8 Å². The average Bonchev–Trinajstić information content (AvgIpc) is 3.04. The molecule has 0 radical (unpaired) electrons. The van der Waals surface area contributed by atoms with Crippen LogP contribution in [0.4, 0.5) is 11.6 Å². The second-order valence-electron chi connectivity index (χ2n) is 6.04. The van der Waals surface area contributed by atoms with Gasteiger partial charge in [0.2, 0.25) is 5.91 Å². The number of nitrogens with one attached hydrogen (secondary N) is 1. The zero-order valence-electron chi connectivity index (χ0n) is 13.8. The van der Waals surface area contributed by atoms with Gasteiger partial charge in [0.1, 0.15) is 12.1 Å². The largest absolute Gasteiger partial charge is 0.356 e. The normalized spacial score (nSPS) is 15.5. The highest BCUT2D eigenvalue weighted by Crippen LogP contribution is 2.27. The lowest BCUT2D eigenvalue weighted by atomic mass is 9.96. The summed E-state index contributed by atoms with van der Waals surface area (Å²) in [6.45, 7) is 1.53. The standard InChI is InChI=1S/C16H18N8O/c1-23-14-12(8-21-23)15(20-10-19-14)24-6-2-11(3-7-24)16(25)22-13-9-17-4-5-18-13/h4-5,8-11H,2-3,6-7H2,1H3,(H,18,22,25). The number of rotatable bonds is 3. The summed E-state index contributed by atoms with van der Waals surface area (Å²) in [5.74, 6) is 1.33. The van der Waals surface area contributed by atoms with Gasteiger partial charge in [0.25, 0.3) is 0 Å². The number of fused-ring (bicyclic) bond motifs is 1. The lowest BCUT2D eigenvalue weighted by Crippen LogP contribution is -2.38. The lowest BCUT2D eigenvalue weighted by molar-refractivity contribution is -0.120. The zero-order valence-corrected chi connectivity index (χ0v) is 13.8. The van der Waals surface area contributed by atoms with Gasteiger partial charge in [-0.3, -0.25) is 14.5 Å². The number of hydrogen-bond acceptors (Lipinski definition) is 7. The Morgan fingerprint density at radius 2 is 2.00 bits per heavy atom. The summed E-state index contributed by atoms with van der Waals surface area (Å²) in [7, 11) is 1.86. The van der Waals surface area contributed by atoms with Crippen molar-refractivity contribution >= 4 is 28.6 Å². The number of anilines is 2. The lowest BCUT2D eigenvalue weighted by Gasteiger charge is -2.32. The molecule has 25 heavy (non-hydrogen) atoms. The van der Waals surface area contributed by atoms with Gasteiger partial charge in [-0.25, -0.2) is 15.0 Å². The van der Waals surface area contributed by atoms with E-state index in [9.17, 15) is 4.79 Å². The summed E-state index contributed by atoms with van der Waals surface area (Å²) in [6, 6.07) is 0. The fourth-order valence-electron chi connectivity index (χ4n) is 3.15. The van der Waals surface area contributed by atoms with Crippen molar-refractivity contribution in [3.63, 3.8) is 0 Å². The van der Waals surface area contributed by atoms with Crippen molar-refractivity contribution in [2.24, 2.45) is 13.0 Å². The molecule has 3 aromatic heterocycles. The first-order valence-corrected chi connectivity index (χ1v) is 8.17. The third-order valence-electron chi connectivity index (χ3n) is 4.49. The first kappa shape index (κ1) is 15.4. The van der Waals surface area contributed by atoms with E-state index >= 15 is 0 Å². The van der Waals surface area contributed by atoms with E-state index in [2.05, 4.69) is 35.3 Å². The minimum absolute atomic E-state index is 0.00522. The number of piperidine rings is 1. The van der Waals surface area contributed by atoms with Crippen LogP contribution < -0.4 is 10.2 Å². The minimum Gasteiger partial charge on any atom is -0.356 e. The van der Waals surface area contributed by atoms with Crippen molar-refractivity contribution < 1.29 is 4.79 Å². The Bertz CT molecular complexity index is 886.